The molecule has 0 atom stereocenters. The lowest BCUT2D eigenvalue weighted by Gasteiger charge is -1.99. The summed E-state index contributed by atoms with van der Waals surface area (Å²) in [6.07, 6.45) is 4.51. The van der Waals surface area contributed by atoms with E-state index >= 15 is 0 Å². The summed E-state index contributed by atoms with van der Waals surface area (Å²) in [5.74, 6) is 0.222. The second kappa shape index (κ2) is 6.12. The number of nitrogens with one attached hydrogen (secondary N) is 1. The molecule has 2 rings (SSSR count). The van der Waals surface area contributed by atoms with Crippen molar-refractivity contribution in [2.24, 2.45) is 0 Å². The van der Waals surface area contributed by atoms with Gasteiger partial charge in [-0.25, -0.2) is 10.5 Å². The number of hydroxylamine groups is 1. The largest absolute Gasteiger partial charge is 0.497 e. The summed E-state index contributed by atoms with van der Waals surface area (Å²) in [5.41, 5.74) is 2.51. The normalized spacial score (nSPS) is 10.6. The van der Waals surface area contributed by atoms with Gasteiger partial charge in [-0.3, -0.25) is 10.0 Å². The highest BCUT2D eigenvalue weighted by atomic mass is 32.1. The molecule has 5 nitrogen and oxygen atoms in total. The maximum absolute atomic E-state index is 10.9. The van der Waals surface area contributed by atoms with Crippen LogP contribution >= 0.6 is 11.3 Å². The third kappa shape index (κ3) is 3.40. The third-order valence-corrected chi connectivity index (χ3v) is 3.38. The minimum atomic E-state index is -0.570. The Hall–Kier alpha value is -2.18. The first-order chi connectivity index (χ1) is 9.22. The van der Waals surface area contributed by atoms with Gasteiger partial charge in [0.25, 0.3) is 5.91 Å². The Morgan fingerprint density at radius 3 is 2.79 bits per heavy atom. The van der Waals surface area contributed by atoms with Crippen LogP contribution in [0.2, 0.25) is 0 Å². The maximum atomic E-state index is 10.9. The Morgan fingerprint density at radius 1 is 1.42 bits per heavy atom. The fraction of sp³-hybridized carbons (Fsp3) is 0.0769. The molecule has 19 heavy (non-hydrogen) atoms. The summed E-state index contributed by atoms with van der Waals surface area (Å²) < 4.78 is 5.09. The lowest BCUT2D eigenvalue weighted by molar-refractivity contribution is -0.124. The number of thiazole rings is 1. The number of hydrogen-bond acceptors (Lipinski definition) is 5. The first-order valence-corrected chi connectivity index (χ1v) is 6.27. The Bertz CT molecular complexity index is 590. The fourth-order valence-electron chi connectivity index (χ4n) is 1.43. The van der Waals surface area contributed by atoms with E-state index in [1.165, 1.54) is 22.9 Å². The van der Waals surface area contributed by atoms with Crippen LogP contribution in [0.5, 0.6) is 5.75 Å². The molecule has 2 N–H and O–H groups in total. The number of rotatable bonds is 4. The van der Waals surface area contributed by atoms with Crippen LogP contribution in [0.25, 0.3) is 16.6 Å². The molecule has 0 fully saturated rings. The number of methoxy groups -OCH3 is 1. The van der Waals surface area contributed by atoms with Crippen molar-refractivity contribution in [3.63, 3.8) is 0 Å². The molecule has 0 spiro atoms. The van der Waals surface area contributed by atoms with Gasteiger partial charge >= 0.3 is 0 Å². The predicted molar refractivity (Wildman–Crippen MR) is 73.1 cm³/mol. The Kier molecular flexibility index (Phi) is 4.27. The van der Waals surface area contributed by atoms with E-state index in [-0.39, 0.29) is 0 Å². The molecular weight excluding hydrogens is 264 g/mol. The summed E-state index contributed by atoms with van der Waals surface area (Å²) in [7, 11) is 1.62. The van der Waals surface area contributed by atoms with Crippen LogP contribution in [0.1, 0.15) is 4.88 Å². The van der Waals surface area contributed by atoms with Crippen LogP contribution in [-0.2, 0) is 4.79 Å². The van der Waals surface area contributed by atoms with Gasteiger partial charge in [0.15, 0.2) is 0 Å². The second-order valence-corrected chi connectivity index (χ2v) is 4.67. The van der Waals surface area contributed by atoms with Crippen LogP contribution in [0.15, 0.2) is 36.5 Å². The predicted octanol–water partition coefficient (Wildman–Crippen LogP) is 2.34. The number of nitrogens with zero attached hydrogens (tertiary/aromatic N) is 1. The topological polar surface area (TPSA) is 71.5 Å². The average Bonchev–Trinajstić information content (AvgIpc) is 2.93. The molecule has 0 bridgehead atoms. The van der Waals surface area contributed by atoms with Crippen molar-refractivity contribution in [1.29, 1.82) is 0 Å². The van der Waals surface area contributed by atoms with Gasteiger partial charge in [-0.2, -0.15) is 0 Å². The van der Waals surface area contributed by atoms with Crippen molar-refractivity contribution >= 4 is 23.3 Å². The lowest BCUT2D eigenvalue weighted by Crippen LogP contribution is -2.14. The molecule has 0 radical (unpaired) electrons. The van der Waals surface area contributed by atoms with E-state index in [4.69, 9.17) is 9.94 Å². The molecule has 0 unspecified atom stereocenters. The molecule has 2 aromatic rings. The summed E-state index contributed by atoms with van der Waals surface area (Å²) in [5, 5.41) is 9.22. The molecule has 0 saturated carbocycles. The van der Waals surface area contributed by atoms with E-state index in [0.29, 0.717) is 0 Å². The van der Waals surface area contributed by atoms with Crippen LogP contribution in [0, 0.1) is 0 Å². The summed E-state index contributed by atoms with van der Waals surface area (Å²) in [6.45, 7) is 0. The van der Waals surface area contributed by atoms with Gasteiger partial charge in [-0.05, 0) is 30.3 Å². The number of ether oxygens (including phenoxy) is 1. The Labute approximate surface area is 114 Å². The van der Waals surface area contributed by atoms with Gasteiger partial charge in [0.05, 0.1) is 7.11 Å². The van der Waals surface area contributed by atoms with Gasteiger partial charge < -0.3 is 4.74 Å². The summed E-state index contributed by atoms with van der Waals surface area (Å²) >= 11 is 1.45. The molecule has 0 saturated heterocycles. The zero-order chi connectivity index (χ0) is 13.7. The van der Waals surface area contributed by atoms with Gasteiger partial charge in [-0.1, -0.05) is 0 Å². The van der Waals surface area contributed by atoms with E-state index < -0.39 is 5.91 Å². The third-order valence-electron chi connectivity index (χ3n) is 2.37. The van der Waals surface area contributed by atoms with Gasteiger partial charge in [0.1, 0.15) is 10.8 Å². The zero-order valence-electron chi connectivity index (χ0n) is 10.2. The molecule has 0 aliphatic carbocycles. The molecule has 98 valence electrons. The smallest absolute Gasteiger partial charge is 0.267 e. The monoisotopic (exact) mass is 276 g/mol. The average molecular weight is 276 g/mol. The molecule has 1 aromatic carbocycles. The first kappa shape index (κ1) is 13.3. The van der Waals surface area contributed by atoms with E-state index in [1.807, 2.05) is 24.3 Å². The quantitative estimate of drug-likeness (QED) is 0.511. The number of carbonyl (C=O) groups excluding carboxylic acids is 1. The van der Waals surface area contributed by atoms with Crippen LogP contribution in [0.3, 0.4) is 0 Å². The Morgan fingerprint density at radius 2 is 2.16 bits per heavy atom. The first-order valence-electron chi connectivity index (χ1n) is 5.45. The summed E-state index contributed by atoms with van der Waals surface area (Å²) in [6, 6.07) is 7.58. The van der Waals surface area contributed by atoms with E-state index in [0.717, 1.165) is 21.2 Å². The van der Waals surface area contributed by atoms with Crippen molar-refractivity contribution in [3.05, 3.63) is 41.4 Å². The lowest BCUT2D eigenvalue weighted by atomic mass is 10.2. The Balaban J connectivity index is 2.15. The van der Waals surface area contributed by atoms with Crippen LogP contribution in [0.4, 0.5) is 0 Å². The molecule has 1 aromatic heterocycles. The second-order valence-electron chi connectivity index (χ2n) is 3.61. The minimum Gasteiger partial charge on any atom is -0.497 e. The molecule has 6 heteroatoms. The van der Waals surface area contributed by atoms with Gasteiger partial charge in [0, 0.05) is 22.7 Å². The van der Waals surface area contributed by atoms with E-state index in [2.05, 4.69) is 4.98 Å². The number of benzene rings is 1. The highest BCUT2D eigenvalue weighted by molar-refractivity contribution is 7.15. The molecule has 0 aliphatic rings. The fourth-order valence-corrected chi connectivity index (χ4v) is 2.25. The molecule has 1 amide bonds. The van der Waals surface area contributed by atoms with Crippen molar-refractivity contribution in [2.75, 3.05) is 7.11 Å². The summed E-state index contributed by atoms with van der Waals surface area (Å²) in [4.78, 5) is 16.0. The van der Waals surface area contributed by atoms with Crippen molar-refractivity contribution in [2.45, 2.75) is 0 Å². The van der Waals surface area contributed by atoms with Crippen molar-refractivity contribution < 1.29 is 14.7 Å². The number of hydrogen-bond donors (Lipinski definition) is 2. The van der Waals surface area contributed by atoms with Crippen LogP contribution in [-0.4, -0.2) is 23.2 Å². The molecule has 0 aliphatic heterocycles. The zero-order valence-corrected chi connectivity index (χ0v) is 11.0. The van der Waals surface area contributed by atoms with Crippen molar-refractivity contribution in [3.8, 4) is 16.3 Å². The maximum Gasteiger partial charge on any atom is 0.267 e. The standard InChI is InChI=1S/C13H12N2O3S/c1-18-10-4-2-9(3-5-10)13-14-8-11(19-13)6-7-12(16)15-17/h2-8,17H,1H3,(H,15,16)/b7-6+. The number of aromatic nitrogens is 1. The van der Waals surface area contributed by atoms with Gasteiger partial charge in [0.2, 0.25) is 0 Å². The minimum absolute atomic E-state index is 0.570. The molecular formula is C13H12N2O3S. The number of amides is 1. The highest BCUT2D eigenvalue weighted by Gasteiger charge is 2.03. The highest BCUT2D eigenvalue weighted by Crippen LogP contribution is 2.27. The molecule has 1 heterocycles. The van der Waals surface area contributed by atoms with Crippen LogP contribution < -0.4 is 10.2 Å². The van der Waals surface area contributed by atoms with Crippen molar-refractivity contribution in [1.82, 2.24) is 10.5 Å². The van der Waals surface area contributed by atoms with Gasteiger partial charge in [-0.15, -0.1) is 11.3 Å². The number of carbonyl (C=O) groups is 1. The van der Waals surface area contributed by atoms with E-state index in [9.17, 15) is 4.79 Å². The van der Waals surface area contributed by atoms with E-state index in [1.54, 1.807) is 19.4 Å². The SMILES string of the molecule is COc1ccc(-c2ncc(/C=C/C(=O)NO)s2)cc1.